The second-order valence-electron chi connectivity index (χ2n) is 7.00. The minimum atomic E-state index is -0.866. The summed E-state index contributed by atoms with van der Waals surface area (Å²) in [5.74, 6) is -2.77. The van der Waals surface area contributed by atoms with Gasteiger partial charge in [-0.25, -0.2) is 9.59 Å². The smallest absolute Gasteiger partial charge is 0.338 e. The quantitative estimate of drug-likeness (QED) is 0.364. The average Bonchev–Trinajstić information content (AvgIpc) is 2.77. The number of aromatic hydroxyl groups is 1. The topological polar surface area (TPSA) is 120 Å². The van der Waals surface area contributed by atoms with Gasteiger partial charge in [-0.2, -0.15) is 0 Å². The van der Waals surface area contributed by atoms with Crippen LogP contribution in [0.2, 0.25) is 0 Å². The zero-order chi connectivity index (χ0) is 23.3. The first-order chi connectivity index (χ1) is 15.3. The van der Waals surface area contributed by atoms with Gasteiger partial charge in [0.15, 0.2) is 11.5 Å². The SMILES string of the molecule is COc1cc(C(=O)O[C@H](C)[C@H]2C(=O)N/C2=C\C(=O)OCc2ccccc2)cc(OC)c1O. The first-order valence-electron chi connectivity index (χ1n) is 9.73. The second-order valence-corrected chi connectivity index (χ2v) is 7.00. The number of benzene rings is 2. The van der Waals surface area contributed by atoms with E-state index >= 15 is 0 Å². The first kappa shape index (κ1) is 22.7. The van der Waals surface area contributed by atoms with Crippen molar-refractivity contribution in [3.05, 3.63) is 65.4 Å². The molecule has 1 aliphatic rings. The van der Waals surface area contributed by atoms with Gasteiger partial charge in [0.1, 0.15) is 18.6 Å². The van der Waals surface area contributed by atoms with E-state index in [9.17, 15) is 19.5 Å². The van der Waals surface area contributed by atoms with E-state index in [0.717, 1.165) is 5.56 Å². The molecule has 2 aromatic carbocycles. The zero-order valence-corrected chi connectivity index (χ0v) is 17.8. The number of ether oxygens (including phenoxy) is 4. The van der Waals surface area contributed by atoms with Crippen molar-refractivity contribution in [2.75, 3.05) is 14.2 Å². The van der Waals surface area contributed by atoms with Gasteiger partial charge in [-0.3, -0.25) is 4.79 Å². The summed E-state index contributed by atoms with van der Waals surface area (Å²) < 4.78 is 20.7. The predicted molar refractivity (Wildman–Crippen MR) is 112 cm³/mol. The fourth-order valence-electron chi connectivity index (χ4n) is 3.17. The van der Waals surface area contributed by atoms with Crippen LogP contribution in [0.25, 0.3) is 0 Å². The summed E-state index contributed by atoms with van der Waals surface area (Å²) in [4.78, 5) is 36.7. The molecule has 168 valence electrons. The molecule has 0 unspecified atom stereocenters. The van der Waals surface area contributed by atoms with Crippen LogP contribution in [0.1, 0.15) is 22.8 Å². The molecule has 1 aliphatic heterocycles. The molecule has 32 heavy (non-hydrogen) atoms. The van der Waals surface area contributed by atoms with E-state index in [4.69, 9.17) is 18.9 Å². The Hall–Kier alpha value is -4.01. The highest BCUT2D eigenvalue weighted by Crippen LogP contribution is 2.37. The average molecular weight is 441 g/mol. The fourth-order valence-corrected chi connectivity index (χ4v) is 3.17. The van der Waals surface area contributed by atoms with Gasteiger partial charge in [-0.1, -0.05) is 30.3 Å². The predicted octanol–water partition coefficient (Wildman–Crippen LogP) is 2.33. The Morgan fingerprint density at radius 2 is 1.75 bits per heavy atom. The third-order valence-corrected chi connectivity index (χ3v) is 4.86. The largest absolute Gasteiger partial charge is 0.502 e. The number of hydrogen-bond donors (Lipinski definition) is 2. The monoisotopic (exact) mass is 441 g/mol. The number of nitrogens with one attached hydrogen (secondary N) is 1. The van der Waals surface area contributed by atoms with Crippen LogP contribution < -0.4 is 14.8 Å². The molecule has 1 fully saturated rings. The molecule has 2 N–H and O–H groups in total. The minimum Gasteiger partial charge on any atom is -0.502 e. The standard InChI is InChI=1S/C23H23NO8/c1-13(32-23(28)15-9-17(29-2)21(26)18(10-15)30-3)20-16(24-22(20)27)11-19(25)31-12-14-7-5-4-6-8-14/h4-11,13,20,26H,12H2,1-3H3,(H,24,27)/b16-11-/t13-,20-/m1/s1. The van der Waals surface area contributed by atoms with Crippen molar-refractivity contribution >= 4 is 17.8 Å². The number of esters is 2. The third-order valence-electron chi connectivity index (χ3n) is 4.86. The molecule has 0 saturated carbocycles. The summed E-state index contributed by atoms with van der Waals surface area (Å²) in [5, 5.41) is 12.5. The lowest BCUT2D eigenvalue weighted by molar-refractivity contribution is -0.139. The van der Waals surface area contributed by atoms with Crippen LogP contribution in [0, 0.1) is 5.92 Å². The Morgan fingerprint density at radius 1 is 1.12 bits per heavy atom. The third kappa shape index (κ3) is 5.00. The van der Waals surface area contributed by atoms with E-state index in [1.54, 1.807) is 6.92 Å². The van der Waals surface area contributed by atoms with E-state index in [1.165, 1.54) is 32.4 Å². The molecule has 3 rings (SSSR count). The van der Waals surface area contributed by atoms with Gasteiger partial charge in [-0.15, -0.1) is 0 Å². The summed E-state index contributed by atoms with van der Waals surface area (Å²) >= 11 is 0. The van der Waals surface area contributed by atoms with Crippen molar-refractivity contribution in [1.29, 1.82) is 0 Å². The number of amides is 1. The maximum Gasteiger partial charge on any atom is 0.338 e. The Kier molecular flexibility index (Phi) is 6.99. The number of carbonyl (C=O) groups excluding carboxylic acids is 3. The van der Waals surface area contributed by atoms with E-state index in [0.29, 0.717) is 5.70 Å². The Bertz CT molecular complexity index is 1020. The van der Waals surface area contributed by atoms with Gasteiger partial charge in [0, 0.05) is 11.8 Å². The fraction of sp³-hybridized carbons (Fsp3) is 0.261. The van der Waals surface area contributed by atoms with Crippen LogP contribution in [0.4, 0.5) is 0 Å². The van der Waals surface area contributed by atoms with Crippen LogP contribution >= 0.6 is 0 Å². The van der Waals surface area contributed by atoms with Gasteiger partial charge >= 0.3 is 11.9 Å². The van der Waals surface area contributed by atoms with E-state index in [1.807, 2.05) is 30.3 Å². The van der Waals surface area contributed by atoms with Crippen molar-refractivity contribution < 1.29 is 38.4 Å². The summed E-state index contributed by atoms with van der Waals surface area (Å²) in [6.07, 6.45) is 0.307. The zero-order valence-electron chi connectivity index (χ0n) is 17.8. The van der Waals surface area contributed by atoms with Gasteiger partial charge < -0.3 is 29.4 Å². The molecule has 2 aromatic rings. The number of β-lactam (4-membered cyclic amide) rings is 1. The molecular weight excluding hydrogens is 418 g/mol. The Balaban J connectivity index is 1.65. The molecule has 0 spiro atoms. The molecule has 0 bridgehead atoms. The van der Waals surface area contributed by atoms with Crippen LogP contribution in [-0.2, 0) is 25.7 Å². The molecule has 0 aromatic heterocycles. The van der Waals surface area contributed by atoms with Crippen molar-refractivity contribution in [2.45, 2.75) is 19.6 Å². The number of phenols is 1. The lowest BCUT2D eigenvalue weighted by Gasteiger charge is -2.33. The Labute approximate surface area is 184 Å². The van der Waals surface area contributed by atoms with Crippen LogP contribution in [0.5, 0.6) is 17.2 Å². The highest BCUT2D eigenvalue weighted by Gasteiger charge is 2.41. The number of phenolic OH excluding ortho intramolecular Hbond substituents is 1. The molecule has 2 atom stereocenters. The van der Waals surface area contributed by atoms with Gasteiger partial charge in [0.2, 0.25) is 11.7 Å². The molecule has 0 aliphatic carbocycles. The van der Waals surface area contributed by atoms with Crippen molar-refractivity contribution in [3.63, 3.8) is 0 Å². The van der Waals surface area contributed by atoms with Crippen molar-refractivity contribution in [1.82, 2.24) is 5.32 Å². The van der Waals surface area contributed by atoms with Gasteiger partial charge in [0.05, 0.1) is 19.8 Å². The number of rotatable bonds is 8. The summed E-state index contributed by atoms with van der Waals surface area (Å²) in [6.45, 7) is 1.64. The highest BCUT2D eigenvalue weighted by atomic mass is 16.5. The van der Waals surface area contributed by atoms with Crippen molar-refractivity contribution in [2.24, 2.45) is 5.92 Å². The Morgan fingerprint density at radius 3 is 2.31 bits per heavy atom. The second kappa shape index (κ2) is 9.86. The first-order valence-corrected chi connectivity index (χ1v) is 9.73. The maximum absolute atomic E-state index is 12.6. The number of methoxy groups -OCH3 is 2. The summed E-state index contributed by atoms with van der Waals surface area (Å²) in [6, 6.07) is 11.8. The van der Waals surface area contributed by atoms with E-state index in [2.05, 4.69) is 5.32 Å². The van der Waals surface area contributed by atoms with Gasteiger partial charge in [0.25, 0.3) is 0 Å². The normalized spacial score (nSPS) is 17.0. The lowest BCUT2D eigenvalue weighted by atomic mass is 9.90. The molecule has 9 nitrogen and oxygen atoms in total. The molecule has 9 heteroatoms. The van der Waals surface area contributed by atoms with Crippen LogP contribution in [0.15, 0.2) is 54.2 Å². The van der Waals surface area contributed by atoms with Crippen LogP contribution in [0.3, 0.4) is 0 Å². The van der Waals surface area contributed by atoms with Gasteiger partial charge in [-0.05, 0) is 24.6 Å². The molecule has 0 radical (unpaired) electrons. The number of carbonyl (C=O) groups is 3. The van der Waals surface area contributed by atoms with Crippen LogP contribution in [-0.4, -0.2) is 43.3 Å². The molecule has 1 amide bonds. The number of hydrogen-bond acceptors (Lipinski definition) is 8. The van der Waals surface area contributed by atoms with E-state index in [-0.39, 0.29) is 35.3 Å². The molecule has 1 saturated heterocycles. The molecular formula is C23H23NO8. The minimum absolute atomic E-state index is 0.0343. The summed E-state index contributed by atoms with van der Waals surface area (Å²) in [7, 11) is 2.66. The molecule has 1 heterocycles. The highest BCUT2D eigenvalue weighted by molar-refractivity contribution is 5.96. The maximum atomic E-state index is 12.6. The van der Waals surface area contributed by atoms with E-state index < -0.39 is 24.0 Å². The summed E-state index contributed by atoms with van der Waals surface area (Å²) in [5.41, 5.74) is 1.20. The lowest BCUT2D eigenvalue weighted by Crippen LogP contribution is -2.52. The van der Waals surface area contributed by atoms with Crippen molar-refractivity contribution in [3.8, 4) is 17.2 Å².